The zero-order chi connectivity index (χ0) is 19.9. The number of nitrogens with zero attached hydrogens (tertiary/aromatic N) is 1. The van der Waals surface area contributed by atoms with E-state index < -0.39 is 17.7 Å². The summed E-state index contributed by atoms with van der Waals surface area (Å²) in [6, 6.07) is 15.0. The molecule has 3 aromatic rings. The molecule has 144 valence electrons. The standard InChI is InChI=1S/C21H19F2N3O2/c22-17-8-7-16(19(23)13-17)9-10-24-21(28)25-18-5-3-4-15(12-18)14-26-11-2-1-6-20(26)27/h1-8,11-13H,9-10,14H2,(H2,24,25,28). The van der Waals surface area contributed by atoms with Crippen LogP contribution in [0.25, 0.3) is 0 Å². The minimum absolute atomic E-state index is 0.105. The van der Waals surface area contributed by atoms with Gasteiger partial charge >= 0.3 is 6.03 Å². The number of carbonyl (C=O) groups excluding carboxylic acids is 1. The number of amides is 2. The van der Waals surface area contributed by atoms with E-state index in [4.69, 9.17) is 0 Å². The summed E-state index contributed by atoms with van der Waals surface area (Å²) < 4.78 is 28.0. The van der Waals surface area contributed by atoms with Crippen molar-refractivity contribution in [1.29, 1.82) is 0 Å². The van der Waals surface area contributed by atoms with Gasteiger partial charge in [-0.1, -0.05) is 24.3 Å². The lowest BCUT2D eigenvalue weighted by Gasteiger charge is -2.10. The Labute approximate surface area is 160 Å². The average molecular weight is 383 g/mol. The molecule has 0 saturated carbocycles. The van der Waals surface area contributed by atoms with Gasteiger partial charge in [-0.15, -0.1) is 0 Å². The Hall–Kier alpha value is -3.48. The summed E-state index contributed by atoms with van der Waals surface area (Å²) >= 11 is 0. The average Bonchev–Trinajstić information content (AvgIpc) is 2.66. The molecule has 1 heterocycles. The van der Waals surface area contributed by atoms with Crippen LogP contribution in [-0.4, -0.2) is 17.1 Å². The molecular weight excluding hydrogens is 364 g/mol. The molecule has 0 aliphatic rings. The summed E-state index contributed by atoms with van der Waals surface area (Å²) in [5, 5.41) is 5.34. The quantitative estimate of drug-likeness (QED) is 0.684. The van der Waals surface area contributed by atoms with Crippen LogP contribution in [0.15, 0.2) is 71.7 Å². The van der Waals surface area contributed by atoms with Crippen molar-refractivity contribution >= 4 is 11.7 Å². The molecule has 0 radical (unpaired) electrons. The Morgan fingerprint density at radius 2 is 1.86 bits per heavy atom. The lowest BCUT2D eigenvalue weighted by molar-refractivity contribution is 0.252. The molecule has 5 nitrogen and oxygen atoms in total. The van der Waals surface area contributed by atoms with Gasteiger partial charge in [-0.25, -0.2) is 13.6 Å². The number of carbonyl (C=O) groups is 1. The second-order valence-corrected chi connectivity index (χ2v) is 6.23. The Morgan fingerprint density at radius 3 is 2.64 bits per heavy atom. The van der Waals surface area contributed by atoms with Gasteiger partial charge in [0.1, 0.15) is 11.6 Å². The van der Waals surface area contributed by atoms with Gasteiger partial charge in [-0.2, -0.15) is 0 Å². The van der Waals surface area contributed by atoms with Crippen LogP contribution in [0.4, 0.5) is 19.3 Å². The maximum atomic E-state index is 13.6. The first-order valence-corrected chi connectivity index (χ1v) is 8.74. The summed E-state index contributed by atoms with van der Waals surface area (Å²) in [7, 11) is 0. The smallest absolute Gasteiger partial charge is 0.319 e. The molecule has 0 unspecified atom stereocenters. The van der Waals surface area contributed by atoms with Crippen molar-refractivity contribution in [2.24, 2.45) is 0 Å². The van der Waals surface area contributed by atoms with Crippen molar-refractivity contribution < 1.29 is 13.6 Å². The van der Waals surface area contributed by atoms with E-state index in [1.165, 1.54) is 18.2 Å². The second-order valence-electron chi connectivity index (χ2n) is 6.23. The van der Waals surface area contributed by atoms with Crippen LogP contribution in [-0.2, 0) is 13.0 Å². The molecule has 0 saturated heterocycles. The molecule has 1 aromatic heterocycles. The molecule has 0 fully saturated rings. The predicted octanol–water partition coefficient (Wildman–Crippen LogP) is 3.54. The molecule has 0 spiro atoms. The van der Waals surface area contributed by atoms with E-state index in [-0.39, 0.29) is 18.5 Å². The van der Waals surface area contributed by atoms with Crippen molar-refractivity contribution in [3.63, 3.8) is 0 Å². The summed E-state index contributed by atoms with van der Waals surface area (Å²) in [6.07, 6.45) is 1.94. The zero-order valence-electron chi connectivity index (χ0n) is 15.0. The Morgan fingerprint density at radius 1 is 1.00 bits per heavy atom. The minimum Gasteiger partial charge on any atom is -0.338 e. The number of hydrogen-bond acceptors (Lipinski definition) is 2. The fourth-order valence-corrected chi connectivity index (χ4v) is 2.75. The Kier molecular flexibility index (Phi) is 6.16. The van der Waals surface area contributed by atoms with Crippen molar-refractivity contribution in [3.05, 3.63) is 100.0 Å². The Balaban J connectivity index is 1.54. The number of aromatic nitrogens is 1. The molecule has 2 N–H and O–H groups in total. The molecular formula is C21H19F2N3O2. The van der Waals surface area contributed by atoms with Crippen LogP contribution in [0.1, 0.15) is 11.1 Å². The largest absolute Gasteiger partial charge is 0.338 e. The SMILES string of the molecule is O=C(NCCc1ccc(F)cc1F)Nc1cccc(Cn2ccccc2=O)c1. The van der Waals surface area contributed by atoms with E-state index in [0.717, 1.165) is 11.6 Å². The highest BCUT2D eigenvalue weighted by Gasteiger charge is 2.06. The number of halogens is 2. The molecule has 0 bridgehead atoms. The van der Waals surface area contributed by atoms with E-state index in [0.29, 0.717) is 17.8 Å². The van der Waals surface area contributed by atoms with Crippen LogP contribution in [0.2, 0.25) is 0 Å². The first-order chi connectivity index (χ1) is 13.5. The van der Waals surface area contributed by atoms with Gasteiger partial charge in [-0.05, 0) is 41.8 Å². The second kappa shape index (κ2) is 8.94. The van der Waals surface area contributed by atoms with Crippen LogP contribution < -0.4 is 16.2 Å². The zero-order valence-corrected chi connectivity index (χ0v) is 15.0. The van der Waals surface area contributed by atoms with Gasteiger partial charge in [0.15, 0.2) is 0 Å². The van der Waals surface area contributed by atoms with Gasteiger partial charge in [0.05, 0.1) is 6.54 Å². The maximum absolute atomic E-state index is 13.6. The molecule has 0 aliphatic heterocycles. The van der Waals surface area contributed by atoms with Crippen molar-refractivity contribution in [2.75, 3.05) is 11.9 Å². The lowest BCUT2D eigenvalue weighted by Crippen LogP contribution is -2.30. The summed E-state index contributed by atoms with van der Waals surface area (Å²) in [5.74, 6) is -1.27. The van der Waals surface area contributed by atoms with Gasteiger partial charge < -0.3 is 15.2 Å². The highest BCUT2D eigenvalue weighted by atomic mass is 19.1. The lowest BCUT2D eigenvalue weighted by atomic mass is 10.1. The first-order valence-electron chi connectivity index (χ1n) is 8.74. The van der Waals surface area contributed by atoms with Gasteiger partial charge in [0, 0.05) is 30.6 Å². The predicted molar refractivity (Wildman–Crippen MR) is 103 cm³/mol. The third kappa shape index (κ3) is 5.26. The number of nitrogens with one attached hydrogen (secondary N) is 2. The van der Waals surface area contributed by atoms with Crippen molar-refractivity contribution in [3.8, 4) is 0 Å². The normalized spacial score (nSPS) is 10.5. The molecule has 7 heteroatoms. The summed E-state index contributed by atoms with van der Waals surface area (Å²) in [5.41, 5.74) is 1.66. The molecule has 2 aromatic carbocycles. The van der Waals surface area contributed by atoms with E-state index in [2.05, 4.69) is 10.6 Å². The minimum atomic E-state index is -0.635. The molecule has 0 aliphatic carbocycles. The van der Waals surface area contributed by atoms with Gasteiger partial charge in [-0.3, -0.25) is 4.79 Å². The van der Waals surface area contributed by atoms with Gasteiger partial charge in [0.2, 0.25) is 0 Å². The summed E-state index contributed by atoms with van der Waals surface area (Å²) in [6.45, 7) is 0.591. The number of urea groups is 1. The van der Waals surface area contributed by atoms with Crippen molar-refractivity contribution in [2.45, 2.75) is 13.0 Å². The number of anilines is 1. The maximum Gasteiger partial charge on any atom is 0.319 e. The monoisotopic (exact) mass is 383 g/mol. The van der Waals surface area contributed by atoms with E-state index in [9.17, 15) is 18.4 Å². The fraction of sp³-hybridized carbons (Fsp3) is 0.143. The first kappa shape index (κ1) is 19.3. The summed E-state index contributed by atoms with van der Waals surface area (Å²) in [4.78, 5) is 23.8. The molecule has 0 atom stereocenters. The van der Waals surface area contributed by atoms with Crippen LogP contribution in [0, 0.1) is 11.6 Å². The van der Waals surface area contributed by atoms with Crippen LogP contribution in [0.5, 0.6) is 0 Å². The molecule has 28 heavy (non-hydrogen) atoms. The van der Waals surface area contributed by atoms with E-state index in [1.54, 1.807) is 41.1 Å². The molecule has 3 rings (SSSR count). The molecule has 2 amide bonds. The third-order valence-corrected chi connectivity index (χ3v) is 4.13. The van der Waals surface area contributed by atoms with Gasteiger partial charge in [0.25, 0.3) is 5.56 Å². The number of hydrogen-bond donors (Lipinski definition) is 2. The third-order valence-electron chi connectivity index (χ3n) is 4.13. The van der Waals surface area contributed by atoms with Crippen molar-refractivity contribution in [1.82, 2.24) is 9.88 Å². The Bertz CT molecular complexity index is 1030. The van der Waals surface area contributed by atoms with Crippen LogP contribution >= 0.6 is 0 Å². The highest BCUT2D eigenvalue weighted by Crippen LogP contribution is 2.12. The van der Waals surface area contributed by atoms with E-state index >= 15 is 0 Å². The number of benzene rings is 2. The highest BCUT2D eigenvalue weighted by molar-refractivity contribution is 5.89. The van der Waals surface area contributed by atoms with Crippen LogP contribution in [0.3, 0.4) is 0 Å². The number of rotatable bonds is 6. The topological polar surface area (TPSA) is 63.1 Å². The number of pyridine rings is 1. The fourth-order valence-electron chi connectivity index (χ4n) is 2.75. The van der Waals surface area contributed by atoms with E-state index in [1.807, 2.05) is 6.07 Å².